The molecule has 0 saturated carbocycles. The highest BCUT2D eigenvalue weighted by atomic mass is 32.2. The van der Waals surface area contributed by atoms with Gasteiger partial charge in [0.05, 0.1) is 6.42 Å². The highest BCUT2D eigenvalue weighted by Gasteiger charge is 2.32. The van der Waals surface area contributed by atoms with Crippen molar-refractivity contribution in [3.05, 3.63) is 57.8 Å². The summed E-state index contributed by atoms with van der Waals surface area (Å²) in [5, 5.41) is 1.57. The number of benzene rings is 1. The smallest absolute Gasteiger partial charge is 0.229 e. The van der Waals surface area contributed by atoms with E-state index in [1.807, 2.05) is 17.5 Å². The molecule has 0 N–H and O–H groups in total. The normalized spacial score (nSPS) is 18.2. The van der Waals surface area contributed by atoms with E-state index in [9.17, 15) is 13.6 Å². The molecule has 6 heteroatoms. The van der Waals surface area contributed by atoms with Crippen LogP contribution in [0.2, 0.25) is 0 Å². The van der Waals surface area contributed by atoms with Crippen LogP contribution in [0.5, 0.6) is 0 Å². The van der Waals surface area contributed by atoms with E-state index in [2.05, 4.69) is 0 Å². The first-order valence-corrected chi connectivity index (χ1v) is 8.46. The molecule has 110 valence electrons. The minimum atomic E-state index is -0.601. The molecule has 21 heavy (non-hydrogen) atoms. The highest BCUT2D eigenvalue weighted by Crippen LogP contribution is 2.39. The molecule has 0 aliphatic carbocycles. The first-order valence-electron chi connectivity index (χ1n) is 6.53. The molecule has 1 amide bonds. The van der Waals surface area contributed by atoms with Crippen molar-refractivity contribution in [2.45, 2.75) is 11.8 Å². The van der Waals surface area contributed by atoms with Crippen LogP contribution in [-0.4, -0.2) is 23.1 Å². The Bertz CT molecular complexity index is 645. The van der Waals surface area contributed by atoms with Crippen molar-refractivity contribution in [3.63, 3.8) is 0 Å². The molecule has 1 saturated heterocycles. The molecule has 1 aliphatic rings. The zero-order valence-electron chi connectivity index (χ0n) is 11.1. The lowest BCUT2D eigenvalue weighted by atomic mass is 10.1. The van der Waals surface area contributed by atoms with Crippen molar-refractivity contribution in [3.8, 4) is 0 Å². The molecule has 1 aromatic carbocycles. The molecule has 1 unspecified atom stereocenters. The fraction of sp³-hybridized carbons (Fsp3) is 0.267. The Hall–Kier alpha value is -1.40. The third-order valence-corrected chi connectivity index (χ3v) is 5.46. The van der Waals surface area contributed by atoms with Gasteiger partial charge in [0.25, 0.3) is 0 Å². The molecule has 2 nitrogen and oxygen atoms in total. The second-order valence-electron chi connectivity index (χ2n) is 4.73. The van der Waals surface area contributed by atoms with Crippen molar-refractivity contribution >= 4 is 29.0 Å². The topological polar surface area (TPSA) is 20.3 Å². The van der Waals surface area contributed by atoms with E-state index >= 15 is 0 Å². The van der Waals surface area contributed by atoms with E-state index in [0.717, 1.165) is 16.7 Å². The molecular formula is C15H13F2NOS2. The third-order valence-electron chi connectivity index (χ3n) is 3.35. The van der Waals surface area contributed by atoms with Gasteiger partial charge in [-0.25, -0.2) is 8.78 Å². The van der Waals surface area contributed by atoms with Crippen LogP contribution in [0.1, 0.15) is 15.8 Å². The average molecular weight is 325 g/mol. The lowest BCUT2D eigenvalue weighted by Crippen LogP contribution is -2.31. The number of amides is 1. The van der Waals surface area contributed by atoms with Crippen molar-refractivity contribution in [2.75, 3.05) is 12.3 Å². The Labute approximate surface area is 129 Å². The van der Waals surface area contributed by atoms with Gasteiger partial charge < -0.3 is 4.90 Å². The van der Waals surface area contributed by atoms with E-state index in [-0.39, 0.29) is 11.3 Å². The minimum absolute atomic E-state index is 0.0174. The van der Waals surface area contributed by atoms with Crippen LogP contribution in [0.15, 0.2) is 35.7 Å². The third kappa shape index (κ3) is 3.11. The van der Waals surface area contributed by atoms with Crippen LogP contribution in [-0.2, 0) is 11.2 Å². The van der Waals surface area contributed by atoms with Gasteiger partial charge >= 0.3 is 0 Å². The summed E-state index contributed by atoms with van der Waals surface area (Å²) in [6, 6.07) is 7.36. The van der Waals surface area contributed by atoms with E-state index < -0.39 is 11.6 Å². The van der Waals surface area contributed by atoms with Gasteiger partial charge in [-0.05, 0) is 17.5 Å². The minimum Gasteiger partial charge on any atom is -0.325 e. The molecule has 1 fully saturated rings. The van der Waals surface area contributed by atoms with E-state index in [1.54, 1.807) is 4.90 Å². The van der Waals surface area contributed by atoms with Crippen LogP contribution in [0, 0.1) is 11.6 Å². The number of carbonyl (C=O) groups is 1. The lowest BCUT2D eigenvalue weighted by Gasteiger charge is -2.24. The van der Waals surface area contributed by atoms with Gasteiger partial charge in [0, 0.05) is 28.8 Å². The average Bonchev–Trinajstić information content (AvgIpc) is 3.09. The molecule has 1 atom stereocenters. The molecule has 1 aliphatic heterocycles. The van der Waals surface area contributed by atoms with Crippen LogP contribution >= 0.6 is 23.1 Å². The van der Waals surface area contributed by atoms with Gasteiger partial charge in [-0.2, -0.15) is 0 Å². The zero-order chi connectivity index (χ0) is 14.8. The summed E-state index contributed by atoms with van der Waals surface area (Å²) in [7, 11) is 0. The fourth-order valence-electron chi connectivity index (χ4n) is 2.35. The summed E-state index contributed by atoms with van der Waals surface area (Å²) in [5.74, 6) is -0.451. The second-order valence-corrected chi connectivity index (χ2v) is 6.95. The predicted octanol–water partition coefficient (Wildman–Crippen LogP) is 3.84. The first-order chi connectivity index (χ1) is 10.1. The summed E-state index contributed by atoms with van der Waals surface area (Å²) in [4.78, 5) is 15.1. The number of carbonyl (C=O) groups excluding carboxylic acids is 1. The maximum absolute atomic E-state index is 13.9. The number of nitrogens with zero attached hydrogens (tertiary/aromatic N) is 1. The van der Waals surface area contributed by atoms with Crippen LogP contribution in [0.3, 0.4) is 0 Å². The van der Waals surface area contributed by atoms with E-state index in [0.29, 0.717) is 18.5 Å². The Kier molecular flexibility index (Phi) is 4.26. The van der Waals surface area contributed by atoms with Gasteiger partial charge in [0.15, 0.2) is 0 Å². The van der Waals surface area contributed by atoms with Crippen molar-refractivity contribution in [1.29, 1.82) is 0 Å². The van der Waals surface area contributed by atoms with Crippen LogP contribution in [0.4, 0.5) is 8.78 Å². The Morgan fingerprint density at radius 3 is 2.90 bits per heavy atom. The van der Waals surface area contributed by atoms with E-state index in [1.165, 1.54) is 35.2 Å². The number of thioether (sulfide) groups is 1. The predicted molar refractivity (Wildman–Crippen MR) is 81.3 cm³/mol. The second kappa shape index (κ2) is 6.15. The Balaban J connectivity index is 1.80. The molecule has 1 aromatic heterocycles. The van der Waals surface area contributed by atoms with Crippen molar-refractivity contribution in [1.82, 2.24) is 4.90 Å². The van der Waals surface area contributed by atoms with Gasteiger partial charge in [-0.15, -0.1) is 23.1 Å². The maximum Gasteiger partial charge on any atom is 0.229 e. The Morgan fingerprint density at radius 2 is 2.19 bits per heavy atom. The standard InChI is InChI=1S/C15H13F2NOS2/c16-10-3-4-12(13(17)8-10)15-18(5-7-21-15)14(19)9-11-2-1-6-20-11/h1-4,6,8,15H,5,7,9H2. The number of hydrogen-bond acceptors (Lipinski definition) is 3. The summed E-state index contributed by atoms with van der Waals surface area (Å²) >= 11 is 3.04. The van der Waals surface area contributed by atoms with Gasteiger partial charge in [-0.1, -0.05) is 12.1 Å². The SMILES string of the molecule is O=C(Cc1cccs1)N1CCSC1c1ccc(F)cc1F. The van der Waals surface area contributed by atoms with Crippen LogP contribution < -0.4 is 0 Å². The summed E-state index contributed by atoms with van der Waals surface area (Å²) in [6.07, 6.45) is 0.331. The molecule has 2 aromatic rings. The van der Waals surface area contributed by atoms with Gasteiger partial charge in [0.1, 0.15) is 17.0 Å². The number of halogens is 2. The highest BCUT2D eigenvalue weighted by molar-refractivity contribution is 7.99. The van der Waals surface area contributed by atoms with Crippen LogP contribution in [0.25, 0.3) is 0 Å². The molecule has 2 heterocycles. The molecular weight excluding hydrogens is 312 g/mol. The first kappa shape index (κ1) is 14.5. The summed E-state index contributed by atoms with van der Waals surface area (Å²) in [6.45, 7) is 0.594. The molecule has 0 bridgehead atoms. The van der Waals surface area contributed by atoms with Gasteiger partial charge in [0.2, 0.25) is 5.91 Å². The maximum atomic E-state index is 13.9. The summed E-state index contributed by atoms with van der Waals surface area (Å²) < 4.78 is 26.9. The van der Waals surface area contributed by atoms with Crippen molar-refractivity contribution in [2.24, 2.45) is 0 Å². The molecule has 0 spiro atoms. The largest absolute Gasteiger partial charge is 0.325 e. The fourth-order valence-corrected chi connectivity index (χ4v) is 4.34. The van der Waals surface area contributed by atoms with Gasteiger partial charge in [-0.3, -0.25) is 4.79 Å². The van der Waals surface area contributed by atoms with E-state index in [4.69, 9.17) is 0 Å². The number of rotatable bonds is 3. The van der Waals surface area contributed by atoms with Crippen molar-refractivity contribution < 1.29 is 13.6 Å². The number of hydrogen-bond donors (Lipinski definition) is 0. The lowest BCUT2D eigenvalue weighted by molar-refractivity contribution is -0.130. The molecule has 0 radical (unpaired) electrons. The quantitative estimate of drug-likeness (QED) is 0.854. The Morgan fingerprint density at radius 1 is 1.33 bits per heavy atom. The zero-order valence-corrected chi connectivity index (χ0v) is 12.7. The number of thiophene rings is 1. The molecule has 3 rings (SSSR count). The summed E-state index contributed by atoms with van der Waals surface area (Å²) in [5.41, 5.74) is 0.374. The monoisotopic (exact) mass is 325 g/mol.